The van der Waals surface area contributed by atoms with Crippen molar-refractivity contribution in [3.8, 4) is 6.07 Å². The average Bonchev–Trinajstić information content (AvgIpc) is 3.11. The molecule has 150 valence electrons. The minimum Gasteiger partial charge on any atom is -0.333 e. The Hall–Kier alpha value is -3.24. The molecule has 2 heterocycles. The van der Waals surface area contributed by atoms with Crippen molar-refractivity contribution < 1.29 is 0 Å². The third-order valence-corrected chi connectivity index (χ3v) is 5.75. The summed E-state index contributed by atoms with van der Waals surface area (Å²) in [7, 11) is 0. The lowest BCUT2D eigenvalue weighted by molar-refractivity contribution is 0.613. The number of rotatable bonds is 5. The second kappa shape index (κ2) is 8.25. The minimum atomic E-state index is -0.200. The molecule has 2 aromatic carbocycles. The summed E-state index contributed by atoms with van der Waals surface area (Å²) in [5.74, 6) is 0.706. The molecule has 0 spiro atoms. The van der Waals surface area contributed by atoms with Crippen LogP contribution in [0.15, 0.2) is 63.0 Å². The SMILES string of the molecule is CC[C@@H](C)c1nc2ccc(Br)cc2c(=O)n1N=Cc1cn(CC#N)c2ccccc12. The van der Waals surface area contributed by atoms with Gasteiger partial charge in [-0.2, -0.15) is 15.0 Å². The van der Waals surface area contributed by atoms with E-state index in [0.29, 0.717) is 16.7 Å². The van der Waals surface area contributed by atoms with Crippen molar-refractivity contribution in [2.75, 3.05) is 0 Å². The molecule has 0 aliphatic rings. The zero-order valence-corrected chi connectivity index (χ0v) is 18.3. The van der Waals surface area contributed by atoms with Crippen LogP contribution < -0.4 is 5.56 Å². The van der Waals surface area contributed by atoms with Crippen LogP contribution in [0.2, 0.25) is 0 Å². The number of fused-ring (bicyclic) bond motifs is 2. The number of hydrogen-bond acceptors (Lipinski definition) is 4. The molecule has 2 aromatic heterocycles. The van der Waals surface area contributed by atoms with Crippen molar-refractivity contribution in [3.63, 3.8) is 0 Å². The fourth-order valence-corrected chi connectivity index (χ4v) is 3.85. The summed E-state index contributed by atoms with van der Waals surface area (Å²) < 4.78 is 4.10. The molecule has 0 aliphatic heterocycles. The number of nitrogens with zero attached hydrogens (tertiary/aromatic N) is 5. The highest BCUT2D eigenvalue weighted by Crippen LogP contribution is 2.22. The summed E-state index contributed by atoms with van der Waals surface area (Å²) in [4.78, 5) is 18.0. The fourth-order valence-electron chi connectivity index (χ4n) is 3.48. The standard InChI is InChI=1S/C23H20BrN5O/c1-3-15(2)22-27-20-9-8-17(24)12-19(20)23(30)29(22)26-13-16-14-28(11-10-25)21-7-5-4-6-18(16)21/h4-9,12-15H,3,11H2,1-2H3/t15-/m1/s1. The Morgan fingerprint density at radius 3 is 2.83 bits per heavy atom. The Morgan fingerprint density at radius 1 is 1.27 bits per heavy atom. The number of benzene rings is 2. The van der Waals surface area contributed by atoms with E-state index in [1.54, 1.807) is 12.3 Å². The summed E-state index contributed by atoms with van der Waals surface area (Å²) in [6.45, 7) is 4.35. The highest BCUT2D eigenvalue weighted by Gasteiger charge is 2.16. The second-order valence-corrected chi connectivity index (χ2v) is 8.11. The van der Waals surface area contributed by atoms with Crippen molar-refractivity contribution in [1.82, 2.24) is 14.2 Å². The normalized spacial score (nSPS) is 12.6. The number of nitriles is 1. The van der Waals surface area contributed by atoms with Crippen molar-refractivity contribution >= 4 is 44.0 Å². The molecule has 0 radical (unpaired) electrons. The summed E-state index contributed by atoms with van der Waals surface area (Å²) >= 11 is 3.43. The molecule has 0 fully saturated rings. The van der Waals surface area contributed by atoms with Crippen LogP contribution in [0.1, 0.15) is 37.6 Å². The molecular weight excluding hydrogens is 442 g/mol. The van der Waals surface area contributed by atoms with Gasteiger partial charge in [-0.15, -0.1) is 0 Å². The van der Waals surface area contributed by atoms with E-state index in [1.807, 2.05) is 54.1 Å². The van der Waals surface area contributed by atoms with E-state index < -0.39 is 0 Å². The van der Waals surface area contributed by atoms with Crippen molar-refractivity contribution in [3.05, 3.63) is 74.9 Å². The van der Waals surface area contributed by atoms with Crippen molar-refractivity contribution in [2.24, 2.45) is 5.10 Å². The largest absolute Gasteiger partial charge is 0.333 e. The van der Waals surface area contributed by atoms with Crippen LogP contribution in [-0.4, -0.2) is 20.4 Å². The van der Waals surface area contributed by atoms with Crippen molar-refractivity contribution in [1.29, 1.82) is 5.26 Å². The van der Waals surface area contributed by atoms with Gasteiger partial charge in [-0.25, -0.2) is 4.98 Å². The van der Waals surface area contributed by atoms with Crippen LogP contribution in [0.3, 0.4) is 0 Å². The molecule has 0 saturated heterocycles. The summed E-state index contributed by atoms with van der Waals surface area (Å²) in [5.41, 5.74) is 2.26. The third-order valence-electron chi connectivity index (χ3n) is 5.26. The topological polar surface area (TPSA) is 76.0 Å². The summed E-state index contributed by atoms with van der Waals surface area (Å²) in [5, 5.41) is 15.2. The van der Waals surface area contributed by atoms with Crippen LogP contribution in [0.4, 0.5) is 0 Å². The van der Waals surface area contributed by atoms with Gasteiger partial charge in [0.05, 0.1) is 23.2 Å². The zero-order chi connectivity index (χ0) is 21.3. The molecule has 0 unspecified atom stereocenters. The van der Waals surface area contributed by atoms with Gasteiger partial charge in [-0.1, -0.05) is 48.0 Å². The number of aromatic nitrogens is 3. The molecule has 4 rings (SSSR count). The predicted molar refractivity (Wildman–Crippen MR) is 123 cm³/mol. The maximum absolute atomic E-state index is 13.3. The van der Waals surface area contributed by atoms with E-state index in [1.165, 1.54) is 4.68 Å². The minimum absolute atomic E-state index is 0.0721. The van der Waals surface area contributed by atoms with E-state index in [0.717, 1.165) is 27.4 Å². The lowest BCUT2D eigenvalue weighted by Gasteiger charge is -2.13. The van der Waals surface area contributed by atoms with Crippen LogP contribution in [-0.2, 0) is 6.54 Å². The molecule has 4 aromatic rings. The monoisotopic (exact) mass is 461 g/mol. The van der Waals surface area contributed by atoms with E-state index in [2.05, 4.69) is 34.0 Å². The van der Waals surface area contributed by atoms with Gasteiger partial charge < -0.3 is 4.57 Å². The zero-order valence-electron chi connectivity index (χ0n) is 16.7. The maximum Gasteiger partial charge on any atom is 0.282 e. The Balaban J connectivity index is 1.91. The third kappa shape index (κ3) is 3.55. The van der Waals surface area contributed by atoms with Crippen LogP contribution >= 0.6 is 15.9 Å². The first-order valence-electron chi connectivity index (χ1n) is 9.75. The lowest BCUT2D eigenvalue weighted by Crippen LogP contribution is -2.23. The second-order valence-electron chi connectivity index (χ2n) is 7.19. The van der Waals surface area contributed by atoms with Crippen molar-refractivity contribution in [2.45, 2.75) is 32.7 Å². The van der Waals surface area contributed by atoms with Gasteiger partial charge in [0.15, 0.2) is 0 Å². The van der Waals surface area contributed by atoms with E-state index in [-0.39, 0.29) is 18.0 Å². The van der Waals surface area contributed by atoms with Gasteiger partial charge in [-0.3, -0.25) is 4.79 Å². The summed E-state index contributed by atoms with van der Waals surface area (Å²) in [6, 6.07) is 15.5. The highest BCUT2D eigenvalue weighted by atomic mass is 79.9. The van der Waals surface area contributed by atoms with Gasteiger partial charge in [0.1, 0.15) is 12.4 Å². The summed E-state index contributed by atoms with van der Waals surface area (Å²) in [6.07, 6.45) is 4.40. The fraction of sp³-hybridized carbons (Fsp3) is 0.217. The molecule has 1 atom stereocenters. The van der Waals surface area contributed by atoms with Crippen LogP contribution in [0.5, 0.6) is 0 Å². The Kier molecular flexibility index (Phi) is 5.51. The molecule has 0 saturated carbocycles. The molecule has 30 heavy (non-hydrogen) atoms. The predicted octanol–water partition coefficient (Wildman–Crippen LogP) is 5.03. The molecular formula is C23H20BrN5O. The quantitative estimate of drug-likeness (QED) is 0.391. The van der Waals surface area contributed by atoms with Gasteiger partial charge >= 0.3 is 0 Å². The first-order chi connectivity index (χ1) is 14.5. The Bertz CT molecular complexity index is 1380. The van der Waals surface area contributed by atoms with E-state index >= 15 is 0 Å². The molecule has 0 amide bonds. The van der Waals surface area contributed by atoms with Gasteiger partial charge in [0.25, 0.3) is 5.56 Å². The van der Waals surface area contributed by atoms with Gasteiger partial charge in [0, 0.05) is 33.1 Å². The Labute approximate surface area is 182 Å². The van der Waals surface area contributed by atoms with E-state index in [4.69, 9.17) is 10.2 Å². The lowest BCUT2D eigenvalue weighted by atomic mass is 10.1. The average molecular weight is 462 g/mol. The highest BCUT2D eigenvalue weighted by molar-refractivity contribution is 9.10. The molecule has 0 aliphatic carbocycles. The first kappa shape index (κ1) is 20.0. The van der Waals surface area contributed by atoms with Gasteiger partial charge in [0.2, 0.25) is 0 Å². The van der Waals surface area contributed by atoms with Crippen LogP contribution in [0.25, 0.3) is 21.8 Å². The van der Waals surface area contributed by atoms with Crippen LogP contribution in [0, 0.1) is 11.3 Å². The smallest absolute Gasteiger partial charge is 0.282 e. The first-order valence-corrected chi connectivity index (χ1v) is 10.5. The molecule has 7 heteroatoms. The number of para-hydroxylation sites is 1. The van der Waals surface area contributed by atoms with Gasteiger partial charge in [-0.05, 0) is 30.7 Å². The molecule has 6 nitrogen and oxygen atoms in total. The van der Waals surface area contributed by atoms with E-state index in [9.17, 15) is 4.79 Å². The molecule has 0 bridgehead atoms. The molecule has 0 N–H and O–H groups in total. The number of halogens is 1. The number of hydrogen-bond donors (Lipinski definition) is 0. The maximum atomic E-state index is 13.3. The Morgan fingerprint density at radius 2 is 2.07 bits per heavy atom.